The Morgan fingerprint density at radius 1 is 0.625 bits per heavy atom. The Kier molecular flexibility index (Phi) is 11.7. The molecule has 0 atom stereocenters. The number of hydrogen-bond acceptors (Lipinski definition) is 12. The summed E-state index contributed by atoms with van der Waals surface area (Å²) in [6.45, 7) is 6.80. The number of carbonyl (C=O) groups excluding carboxylic acids is 2. The van der Waals surface area contributed by atoms with Crippen LogP contribution in [0.3, 0.4) is 0 Å². The van der Waals surface area contributed by atoms with Crippen LogP contribution in [0.1, 0.15) is 32.2 Å². The summed E-state index contributed by atoms with van der Waals surface area (Å²) in [5.74, 6) is -0.495. The normalized spacial score (nSPS) is 14.2. The van der Waals surface area contributed by atoms with E-state index in [0.29, 0.717) is 51.6 Å². The Morgan fingerprint density at radius 2 is 1.27 bits per heavy atom. The summed E-state index contributed by atoms with van der Waals surface area (Å²) in [5, 5.41) is 16.5. The van der Waals surface area contributed by atoms with E-state index in [1.54, 1.807) is 18.5 Å². The fourth-order valence-electron chi connectivity index (χ4n) is 8.18. The number of carbonyl (C=O) groups is 2. The zero-order chi connectivity index (χ0) is 43.2. The molecule has 0 bridgehead atoms. The highest BCUT2D eigenvalue weighted by atomic mass is 16.5. The fourth-order valence-corrected chi connectivity index (χ4v) is 8.18. The second kappa shape index (κ2) is 18.4. The van der Waals surface area contributed by atoms with Crippen molar-refractivity contribution in [1.82, 2.24) is 50.3 Å². The number of morpholine rings is 2. The Hall–Kier alpha value is -7.56. The number of hydrogen-bond donors (Lipinski definition) is 3. The van der Waals surface area contributed by atoms with Crippen molar-refractivity contribution in [2.24, 2.45) is 0 Å². The summed E-state index contributed by atoms with van der Waals surface area (Å²) < 4.78 is 13.2. The molecule has 2 fully saturated rings. The summed E-state index contributed by atoms with van der Waals surface area (Å²) in [7, 11) is 0. The van der Waals surface area contributed by atoms with Crippen molar-refractivity contribution in [2.45, 2.75) is 12.8 Å². The van der Waals surface area contributed by atoms with E-state index < -0.39 is 0 Å². The Morgan fingerprint density at radius 3 is 1.94 bits per heavy atom. The number of rotatable bonds is 13. The van der Waals surface area contributed by atoms with Crippen molar-refractivity contribution in [1.29, 1.82) is 0 Å². The highest BCUT2D eigenvalue weighted by Gasteiger charge is 2.20. The van der Waals surface area contributed by atoms with Gasteiger partial charge in [0.2, 0.25) is 5.82 Å². The average Bonchev–Trinajstić information content (AvgIpc) is 3.97. The van der Waals surface area contributed by atoms with Crippen LogP contribution in [0.5, 0.6) is 0 Å². The monoisotopic (exact) mass is 854 g/mol. The zero-order valence-electron chi connectivity index (χ0n) is 35.1. The molecule has 322 valence electrons. The summed E-state index contributed by atoms with van der Waals surface area (Å²) >= 11 is 0. The predicted octanol–water partition coefficient (Wildman–Crippen LogP) is 5.43. The minimum Gasteiger partial charge on any atom is -0.378 e. The number of ether oxygens (including phenoxy) is 2. The molecule has 2 amide bonds. The largest absolute Gasteiger partial charge is 0.378 e. The maximum Gasteiger partial charge on any atom is 0.289 e. The first-order chi connectivity index (χ1) is 31.5. The van der Waals surface area contributed by atoms with Gasteiger partial charge in [-0.2, -0.15) is 0 Å². The molecule has 6 aromatic heterocycles. The van der Waals surface area contributed by atoms with Crippen LogP contribution in [-0.2, 0) is 22.3 Å². The van der Waals surface area contributed by atoms with E-state index in [9.17, 15) is 9.59 Å². The van der Waals surface area contributed by atoms with Gasteiger partial charge in [-0.15, -0.1) is 10.2 Å². The van der Waals surface area contributed by atoms with Crippen molar-refractivity contribution in [3.8, 4) is 28.1 Å². The van der Waals surface area contributed by atoms with Gasteiger partial charge in [-0.25, -0.2) is 19.9 Å². The van der Waals surface area contributed by atoms with Gasteiger partial charge in [-0.05, 0) is 60.4 Å². The summed E-state index contributed by atoms with van der Waals surface area (Å²) in [5.41, 5.74) is 10.1. The fraction of sp³-hybridized carbons (Fsp3) is 0.250. The average molecular weight is 855 g/mol. The van der Waals surface area contributed by atoms with Crippen LogP contribution < -0.4 is 20.4 Å². The Bertz CT molecular complexity index is 2890. The van der Waals surface area contributed by atoms with Crippen molar-refractivity contribution in [2.75, 3.05) is 75.5 Å². The lowest BCUT2D eigenvalue weighted by atomic mass is 10.1. The van der Waals surface area contributed by atoms with Crippen LogP contribution in [0.15, 0.2) is 116 Å². The lowest BCUT2D eigenvalue weighted by Gasteiger charge is -2.28. The number of pyridine rings is 2. The third-order valence-electron chi connectivity index (χ3n) is 11.7. The number of fused-ring (bicyclic) bond motifs is 2. The van der Waals surface area contributed by atoms with Crippen LogP contribution in [0, 0.1) is 0 Å². The quantitative estimate of drug-likeness (QED) is 0.134. The Balaban J connectivity index is 0.806. The van der Waals surface area contributed by atoms with E-state index >= 15 is 0 Å². The number of benzene rings is 2. The van der Waals surface area contributed by atoms with Gasteiger partial charge in [0, 0.05) is 97.2 Å². The number of aromatic nitrogens is 8. The zero-order valence-corrected chi connectivity index (χ0v) is 35.1. The molecule has 0 radical (unpaired) electrons. The first kappa shape index (κ1) is 40.5. The van der Waals surface area contributed by atoms with Crippen LogP contribution in [0.4, 0.5) is 11.4 Å². The molecule has 2 aliphatic rings. The smallest absolute Gasteiger partial charge is 0.289 e. The molecule has 2 saturated heterocycles. The first-order valence-corrected chi connectivity index (χ1v) is 21.5. The molecule has 16 heteroatoms. The Labute approximate surface area is 368 Å². The number of anilines is 2. The highest BCUT2D eigenvalue weighted by Crippen LogP contribution is 2.34. The van der Waals surface area contributed by atoms with Crippen LogP contribution in [0.25, 0.3) is 50.1 Å². The van der Waals surface area contributed by atoms with Gasteiger partial charge in [0.1, 0.15) is 11.3 Å². The van der Waals surface area contributed by atoms with Crippen molar-refractivity contribution >= 4 is 45.3 Å². The number of aromatic amines is 1. The van der Waals surface area contributed by atoms with Gasteiger partial charge in [0.05, 0.1) is 55.9 Å². The summed E-state index contributed by atoms with van der Waals surface area (Å²) in [6, 6.07) is 26.0. The standard InChI is InChI=1S/C48H46N12O4/c61-47(43-11-10-42(56-57-43)40-30-54-44-38(40)24-36(28-53-44)58-16-20-63-21-17-58)49-14-13-33-6-8-35(9-7-33)60-31-41(39-25-37(29-55-46(39)60)59-18-22-64-23-19-59)34-26-51-45(52-27-34)48(62)50-15-12-32-4-2-1-3-5-32/h1-11,24-31H,12-23H2,(H,49,61)(H,50,62)(H,53,54). The third-order valence-corrected chi connectivity index (χ3v) is 11.7. The molecular weight excluding hydrogens is 809 g/mol. The SMILES string of the molecule is O=C(NCCc1ccc(-n2cc(-c3cnc(C(=O)NCCc4ccccc4)nc3)c3cc(N4CCOCC4)cnc32)cc1)c1ccc(-c2c[nH]c3ncc(N4CCOCC4)cc23)nn1. The minimum atomic E-state index is -0.317. The number of nitrogens with zero attached hydrogens (tertiary/aromatic N) is 9. The van der Waals surface area contributed by atoms with Gasteiger partial charge in [-0.3, -0.25) is 9.59 Å². The van der Waals surface area contributed by atoms with Crippen LogP contribution >= 0.6 is 0 Å². The second-order valence-corrected chi connectivity index (χ2v) is 15.7. The van der Waals surface area contributed by atoms with E-state index in [0.717, 1.165) is 99.5 Å². The number of nitrogens with one attached hydrogen (secondary N) is 3. The van der Waals surface area contributed by atoms with E-state index in [4.69, 9.17) is 14.5 Å². The molecule has 0 saturated carbocycles. The maximum absolute atomic E-state index is 13.1. The van der Waals surface area contributed by atoms with Gasteiger partial charge < -0.3 is 39.5 Å². The number of amides is 2. The van der Waals surface area contributed by atoms with Crippen LogP contribution in [-0.4, -0.2) is 117 Å². The molecule has 10 rings (SSSR count). The lowest BCUT2D eigenvalue weighted by molar-refractivity contribution is 0.0937. The minimum absolute atomic E-state index is 0.114. The van der Waals surface area contributed by atoms with Gasteiger partial charge >= 0.3 is 0 Å². The maximum atomic E-state index is 13.1. The summed E-state index contributed by atoms with van der Waals surface area (Å²) in [4.78, 5) is 52.3. The molecule has 0 unspecified atom stereocenters. The highest BCUT2D eigenvalue weighted by molar-refractivity contribution is 5.98. The van der Waals surface area contributed by atoms with E-state index in [-0.39, 0.29) is 23.3 Å². The first-order valence-electron chi connectivity index (χ1n) is 21.5. The van der Waals surface area contributed by atoms with Gasteiger partial charge in [-0.1, -0.05) is 42.5 Å². The molecule has 2 aliphatic heterocycles. The summed E-state index contributed by atoms with van der Waals surface area (Å²) in [6.07, 6.45) is 12.4. The van der Waals surface area contributed by atoms with Crippen molar-refractivity contribution in [3.63, 3.8) is 0 Å². The molecule has 16 nitrogen and oxygen atoms in total. The van der Waals surface area contributed by atoms with Crippen LogP contribution in [0.2, 0.25) is 0 Å². The van der Waals surface area contributed by atoms with E-state index in [1.807, 2.05) is 73.3 Å². The van der Waals surface area contributed by atoms with E-state index in [2.05, 4.69) is 79.4 Å². The second-order valence-electron chi connectivity index (χ2n) is 15.7. The molecule has 0 aliphatic carbocycles. The molecule has 3 N–H and O–H groups in total. The van der Waals surface area contributed by atoms with Gasteiger partial charge in [0.15, 0.2) is 5.69 Å². The molecule has 8 aromatic rings. The lowest BCUT2D eigenvalue weighted by Crippen LogP contribution is -2.36. The van der Waals surface area contributed by atoms with Crippen molar-refractivity contribution in [3.05, 3.63) is 139 Å². The third kappa shape index (κ3) is 8.73. The molecule has 0 spiro atoms. The molecule has 2 aromatic carbocycles. The van der Waals surface area contributed by atoms with Gasteiger partial charge in [0.25, 0.3) is 11.8 Å². The topological polar surface area (TPSA) is 181 Å². The predicted molar refractivity (Wildman–Crippen MR) is 244 cm³/mol. The van der Waals surface area contributed by atoms with E-state index in [1.165, 1.54) is 0 Å². The number of H-pyrrole nitrogens is 1. The molecule has 8 heterocycles. The van der Waals surface area contributed by atoms with Crippen molar-refractivity contribution < 1.29 is 19.1 Å². The molecular formula is C48H46N12O4. The molecule has 64 heavy (non-hydrogen) atoms.